The maximum atomic E-state index is 9.53. The SMILES string of the molecule is CC(O)CN(Cc1ccc(OC(C)C#N)cc1)C(C)C. The van der Waals surface area contributed by atoms with Crippen LogP contribution in [0.25, 0.3) is 0 Å². The highest BCUT2D eigenvalue weighted by Gasteiger charge is 2.12. The monoisotopic (exact) mass is 276 g/mol. The van der Waals surface area contributed by atoms with Gasteiger partial charge in [0.1, 0.15) is 11.8 Å². The molecule has 0 amide bonds. The van der Waals surface area contributed by atoms with Crippen molar-refractivity contribution in [2.24, 2.45) is 0 Å². The summed E-state index contributed by atoms with van der Waals surface area (Å²) in [6, 6.07) is 10.2. The molecule has 0 spiro atoms. The molecule has 0 aliphatic heterocycles. The van der Waals surface area contributed by atoms with Crippen molar-refractivity contribution in [2.45, 2.75) is 52.5 Å². The largest absolute Gasteiger partial charge is 0.476 e. The molecule has 4 nitrogen and oxygen atoms in total. The molecule has 1 N–H and O–H groups in total. The van der Waals surface area contributed by atoms with Gasteiger partial charge in [0, 0.05) is 19.1 Å². The molecule has 1 aromatic rings. The molecule has 0 heterocycles. The van der Waals surface area contributed by atoms with Crippen LogP contribution in [0.1, 0.15) is 33.3 Å². The Morgan fingerprint density at radius 2 is 1.80 bits per heavy atom. The van der Waals surface area contributed by atoms with Crippen LogP contribution in [0.3, 0.4) is 0 Å². The summed E-state index contributed by atoms with van der Waals surface area (Å²) in [5.74, 6) is 0.703. The Hall–Kier alpha value is -1.57. The number of aliphatic hydroxyl groups excluding tert-OH is 1. The van der Waals surface area contributed by atoms with Crippen molar-refractivity contribution < 1.29 is 9.84 Å². The van der Waals surface area contributed by atoms with Crippen molar-refractivity contribution in [2.75, 3.05) is 6.54 Å². The molecule has 0 aromatic heterocycles. The summed E-state index contributed by atoms with van der Waals surface area (Å²) in [7, 11) is 0. The summed E-state index contributed by atoms with van der Waals surface area (Å²) < 4.78 is 5.42. The maximum Gasteiger partial charge on any atom is 0.181 e. The molecule has 0 fully saturated rings. The molecule has 0 saturated carbocycles. The van der Waals surface area contributed by atoms with Crippen molar-refractivity contribution in [1.82, 2.24) is 4.90 Å². The number of rotatable bonds is 7. The van der Waals surface area contributed by atoms with E-state index in [0.717, 1.165) is 12.1 Å². The van der Waals surface area contributed by atoms with Crippen LogP contribution in [0.4, 0.5) is 0 Å². The number of hydrogen-bond donors (Lipinski definition) is 1. The Kier molecular flexibility index (Phi) is 6.50. The van der Waals surface area contributed by atoms with Crippen molar-refractivity contribution in [3.63, 3.8) is 0 Å². The molecule has 0 radical (unpaired) electrons. The normalized spacial score (nSPS) is 14.1. The van der Waals surface area contributed by atoms with Gasteiger partial charge in [-0.15, -0.1) is 0 Å². The van der Waals surface area contributed by atoms with Crippen LogP contribution in [0.15, 0.2) is 24.3 Å². The zero-order valence-electron chi connectivity index (χ0n) is 12.7. The first kappa shape index (κ1) is 16.5. The summed E-state index contributed by atoms with van der Waals surface area (Å²) in [5.41, 5.74) is 1.16. The third-order valence-corrected chi connectivity index (χ3v) is 3.03. The second kappa shape index (κ2) is 7.88. The van der Waals surface area contributed by atoms with Crippen LogP contribution in [-0.2, 0) is 6.54 Å². The number of benzene rings is 1. The minimum Gasteiger partial charge on any atom is -0.476 e. The van der Waals surface area contributed by atoms with Gasteiger partial charge in [-0.2, -0.15) is 5.26 Å². The van der Waals surface area contributed by atoms with Crippen LogP contribution >= 0.6 is 0 Å². The van der Waals surface area contributed by atoms with Crippen molar-refractivity contribution in [3.8, 4) is 11.8 Å². The quantitative estimate of drug-likeness (QED) is 0.831. The van der Waals surface area contributed by atoms with Crippen molar-refractivity contribution >= 4 is 0 Å². The lowest BCUT2D eigenvalue weighted by Gasteiger charge is -2.27. The van der Waals surface area contributed by atoms with E-state index in [2.05, 4.69) is 18.7 Å². The lowest BCUT2D eigenvalue weighted by Crippen LogP contribution is -2.36. The highest BCUT2D eigenvalue weighted by atomic mass is 16.5. The zero-order valence-corrected chi connectivity index (χ0v) is 12.7. The average Bonchev–Trinajstić information content (AvgIpc) is 2.39. The first-order valence-corrected chi connectivity index (χ1v) is 6.99. The van der Waals surface area contributed by atoms with Crippen LogP contribution < -0.4 is 4.74 Å². The third-order valence-electron chi connectivity index (χ3n) is 3.03. The smallest absolute Gasteiger partial charge is 0.181 e. The molecule has 4 heteroatoms. The minimum absolute atomic E-state index is 0.337. The highest BCUT2D eigenvalue weighted by molar-refractivity contribution is 5.27. The Morgan fingerprint density at radius 1 is 1.20 bits per heavy atom. The summed E-state index contributed by atoms with van der Waals surface area (Å²) in [5, 5.41) is 18.2. The summed E-state index contributed by atoms with van der Waals surface area (Å²) in [6.07, 6.45) is -0.778. The van der Waals surface area contributed by atoms with E-state index in [-0.39, 0.29) is 6.10 Å². The van der Waals surface area contributed by atoms with E-state index in [1.807, 2.05) is 30.3 Å². The van der Waals surface area contributed by atoms with Gasteiger partial charge in [-0.05, 0) is 45.4 Å². The van der Waals surface area contributed by atoms with Gasteiger partial charge in [0.15, 0.2) is 6.10 Å². The predicted molar refractivity (Wildman–Crippen MR) is 79.4 cm³/mol. The molecule has 2 atom stereocenters. The van der Waals surface area contributed by atoms with E-state index < -0.39 is 6.10 Å². The Bertz CT molecular complexity index is 435. The molecule has 0 saturated heterocycles. The van der Waals surface area contributed by atoms with Crippen molar-refractivity contribution in [3.05, 3.63) is 29.8 Å². The second-order valence-electron chi connectivity index (χ2n) is 5.41. The predicted octanol–water partition coefficient (Wildman–Crippen LogP) is 2.57. The standard InChI is InChI=1S/C16H24N2O2/c1-12(2)18(10-13(3)19)11-15-5-7-16(8-6-15)20-14(4)9-17/h5-8,12-14,19H,10-11H2,1-4H3. The maximum absolute atomic E-state index is 9.53. The number of aliphatic hydroxyl groups is 1. The van der Waals surface area contributed by atoms with Crippen LogP contribution in [0.5, 0.6) is 5.75 Å². The number of ether oxygens (including phenoxy) is 1. The van der Waals surface area contributed by atoms with E-state index >= 15 is 0 Å². The third kappa shape index (κ3) is 5.60. The lowest BCUT2D eigenvalue weighted by molar-refractivity contribution is 0.103. The van der Waals surface area contributed by atoms with Gasteiger partial charge in [-0.3, -0.25) is 4.90 Å². The van der Waals surface area contributed by atoms with E-state index in [1.54, 1.807) is 13.8 Å². The van der Waals surface area contributed by atoms with E-state index in [1.165, 1.54) is 0 Å². The van der Waals surface area contributed by atoms with Crippen molar-refractivity contribution in [1.29, 1.82) is 5.26 Å². The topological polar surface area (TPSA) is 56.5 Å². The fourth-order valence-corrected chi connectivity index (χ4v) is 1.94. The Labute approximate surface area is 121 Å². The minimum atomic E-state index is -0.441. The van der Waals surface area contributed by atoms with Gasteiger partial charge < -0.3 is 9.84 Å². The molecular formula is C16H24N2O2. The Balaban J connectivity index is 2.66. The summed E-state index contributed by atoms with van der Waals surface area (Å²) in [6.45, 7) is 9.20. The molecule has 1 aromatic carbocycles. The molecule has 20 heavy (non-hydrogen) atoms. The highest BCUT2D eigenvalue weighted by Crippen LogP contribution is 2.16. The van der Waals surface area contributed by atoms with Gasteiger partial charge >= 0.3 is 0 Å². The summed E-state index contributed by atoms with van der Waals surface area (Å²) >= 11 is 0. The lowest BCUT2D eigenvalue weighted by atomic mass is 10.1. The van der Waals surface area contributed by atoms with Gasteiger partial charge in [0.25, 0.3) is 0 Å². The van der Waals surface area contributed by atoms with Gasteiger partial charge in [-0.1, -0.05) is 12.1 Å². The first-order chi connectivity index (χ1) is 9.42. The molecular weight excluding hydrogens is 252 g/mol. The molecule has 0 bridgehead atoms. The molecule has 0 aliphatic carbocycles. The van der Waals surface area contributed by atoms with E-state index in [0.29, 0.717) is 18.3 Å². The van der Waals surface area contributed by atoms with Crippen LogP contribution in [0.2, 0.25) is 0 Å². The molecule has 1 rings (SSSR count). The molecule has 2 unspecified atom stereocenters. The number of hydrogen-bond acceptors (Lipinski definition) is 4. The second-order valence-corrected chi connectivity index (χ2v) is 5.41. The Morgan fingerprint density at radius 3 is 2.25 bits per heavy atom. The fourth-order valence-electron chi connectivity index (χ4n) is 1.94. The van der Waals surface area contributed by atoms with Gasteiger partial charge in [0.05, 0.1) is 6.10 Å². The van der Waals surface area contributed by atoms with Crippen LogP contribution in [0, 0.1) is 11.3 Å². The van der Waals surface area contributed by atoms with E-state index in [9.17, 15) is 5.11 Å². The van der Waals surface area contributed by atoms with Crippen LogP contribution in [-0.4, -0.2) is 34.8 Å². The number of nitrogens with zero attached hydrogens (tertiary/aromatic N) is 2. The first-order valence-electron chi connectivity index (χ1n) is 6.99. The van der Waals surface area contributed by atoms with Gasteiger partial charge in [0.2, 0.25) is 0 Å². The molecule has 0 aliphatic rings. The average molecular weight is 276 g/mol. The molecule has 110 valence electrons. The summed E-state index contributed by atoms with van der Waals surface area (Å²) in [4.78, 5) is 2.22. The zero-order chi connectivity index (χ0) is 15.1. The number of nitriles is 1. The fraction of sp³-hybridized carbons (Fsp3) is 0.562. The van der Waals surface area contributed by atoms with E-state index in [4.69, 9.17) is 10.00 Å². The van der Waals surface area contributed by atoms with Gasteiger partial charge in [-0.25, -0.2) is 0 Å².